The van der Waals surface area contributed by atoms with E-state index in [1.807, 2.05) is 0 Å². The normalized spacial score (nSPS) is 21.2. The molecule has 1 heterocycles. The monoisotopic (exact) mass is 349 g/mol. The van der Waals surface area contributed by atoms with Crippen LogP contribution >= 0.6 is 11.8 Å². The van der Waals surface area contributed by atoms with Gasteiger partial charge in [-0.1, -0.05) is 13.3 Å². The van der Waals surface area contributed by atoms with Crippen molar-refractivity contribution in [3.05, 3.63) is 0 Å². The van der Waals surface area contributed by atoms with E-state index in [0.29, 0.717) is 12.8 Å². The third kappa shape index (κ3) is 7.41. The van der Waals surface area contributed by atoms with Crippen molar-refractivity contribution in [2.75, 3.05) is 25.6 Å². The van der Waals surface area contributed by atoms with E-state index in [-0.39, 0.29) is 37.1 Å². The lowest BCUT2D eigenvalue weighted by atomic mass is 9.94. The number of carbonyl (C=O) groups is 2. The van der Waals surface area contributed by atoms with Gasteiger partial charge in [0.15, 0.2) is 0 Å². The molecule has 0 aliphatic carbocycles. The molecule has 1 fully saturated rings. The molecule has 1 rings (SSSR count). The van der Waals surface area contributed by atoms with E-state index in [2.05, 4.69) is 0 Å². The second kappa shape index (κ2) is 10.00. The molecule has 4 N–H and O–H groups in total. The number of unbranched alkanes of at least 4 members (excludes halogenated alkanes) is 1. The van der Waals surface area contributed by atoms with Crippen molar-refractivity contribution < 1.29 is 29.3 Å². The summed E-state index contributed by atoms with van der Waals surface area (Å²) in [6.45, 7) is 1.18. The second-order valence-electron chi connectivity index (χ2n) is 6.21. The smallest absolute Gasteiger partial charge is 0.404 e. The Balaban J connectivity index is 2.16. The van der Waals surface area contributed by atoms with Crippen LogP contribution in [0, 0.1) is 5.41 Å². The molecule has 134 valence electrons. The van der Waals surface area contributed by atoms with Crippen molar-refractivity contribution in [2.24, 2.45) is 11.1 Å². The van der Waals surface area contributed by atoms with Gasteiger partial charge in [-0.25, -0.2) is 4.79 Å². The van der Waals surface area contributed by atoms with Crippen molar-refractivity contribution in [1.82, 2.24) is 0 Å². The summed E-state index contributed by atoms with van der Waals surface area (Å²) in [4.78, 5) is 22.5. The fraction of sp³-hybridized carbons (Fsp3) is 0.867. The number of ether oxygens (including phenoxy) is 2. The van der Waals surface area contributed by atoms with E-state index < -0.39 is 11.5 Å². The van der Waals surface area contributed by atoms with Crippen LogP contribution in [0.3, 0.4) is 0 Å². The Morgan fingerprint density at radius 3 is 2.61 bits per heavy atom. The number of amides is 1. The molecule has 0 unspecified atom stereocenters. The number of hydrogen-bond acceptors (Lipinski definition) is 7. The van der Waals surface area contributed by atoms with Gasteiger partial charge in [-0.05, 0) is 25.0 Å². The fourth-order valence-corrected chi connectivity index (χ4v) is 3.68. The van der Waals surface area contributed by atoms with Crippen molar-refractivity contribution in [3.63, 3.8) is 0 Å². The summed E-state index contributed by atoms with van der Waals surface area (Å²) in [6, 6.07) is 0. The van der Waals surface area contributed by atoms with E-state index in [1.165, 1.54) is 0 Å². The van der Waals surface area contributed by atoms with E-state index in [4.69, 9.17) is 25.4 Å². The van der Waals surface area contributed by atoms with Crippen molar-refractivity contribution in [3.8, 4) is 0 Å². The molecule has 0 aromatic rings. The molecule has 0 aromatic heterocycles. The van der Waals surface area contributed by atoms with E-state index in [9.17, 15) is 9.59 Å². The van der Waals surface area contributed by atoms with Crippen LogP contribution in [0.4, 0.5) is 4.79 Å². The molecule has 0 bridgehead atoms. The Morgan fingerprint density at radius 1 is 1.30 bits per heavy atom. The van der Waals surface area contributed by atoms with Gasteiger partial charge in [0.05, 0.1) is 13.2 Å². The molecule has 0 spiro atoms. The highest BCUT2D eigenvalue weighted by atomic mass is 32.2. The Kier molecular flexibility index (Phi) is 8.72. The zero-order valence-electron chi connectivity index (χ0n) is 13.5. The Morgan fingerprint density at radius 2 is 2.00 bits per heavy atom. The summed E-state index contributed by atoms with van der Waals surface area (Å²) in [5.41, 5.74) is 4.26. The minimum Gasteiger partial charge on any atom is -0.465 e. The quantitative estimate of drug-likeness (QED) is 0.398. The maximum absolute atomic E-state index is 11.7. The van der Waals surface area contributed by atoms with Gasteiger partial charge in [0.25, 0.3) is 0 Å². The first-order chi connectivity index (χ1) is 10.9. The van der Waals surface area contributed by atoms with Gasteiger partial charge in [0.2, 0.25) is 0 Å². The minimum atomic E-state index is -0.796. The van der Waals surface area contributed by atoms with E-state index >= 15 is 0 Å². The molecule has 0 radical (unpaired) electrons. The summed E-state index contributed by atoms with van der Waals surface area (Å²) in [5, 5.41) is 18.5. The van der Waals surface area contributed by atoms with Crippen molar-refractivity contribution >= 4 is 23.8 Å². The van der Waals surface area contributed by atoms with Crippen LogP contribution in [-0.2, 0) is 14.3 Å². The Bertz CT molecular complexity index is 388. The molecule has 1 saturated heterocycles. The number of nitrogens with two attached hydrogens (primary N) is 1. The predicted octanol–water partition coefficient (Wildman–Crippen LogP) is 1.05. The Hall–Kier alpha value is -0.990. The summed E-state index contributed by atoms with van der Waals surface area (Å²) in [5.74, 6) is 0.619. The molecule has 0 saturated carbocycles. The number of hydrogen-bond donors (Lipinski definition) is 3. The van der Waals surface area contributed by atoms with E-state index in [0.717, 1.165) is 25.0 Å². The van der Waals surface area contributed by atoms with Gasteiger partial charge in [0.1, 0.15) is 12.7 Å². The van der Waals surface area contributed by atoms with Gasteiger partial charge >= 0.3 is 12.1 Å². The number of aliphatic hydroxyl groups excluding tert-OH is 2. The van der Waals surface area contributed by atoms with Crippen LogP contribution in [-0.4, -0.2) is 59.2 Å². The van der Waals surface area contributed by atoms with Crippen LogP contribution in [0.1, 0.15) is 39.0 Å². The highest BCUT2D eigenvalue weighted by molar-refractivity contribution is 8.00. The third-order valence-corrected chi connectivity index (χ3v) is 5.32. The Labute approximate surface area is 140 Å². The van der Waals surface area contributed by atoms with Crippen LogP contribution in [0.25, 0.3) is 0 Å². The average Bonchev–Trinajstić information content (AvgIpc) is 2.95. The van der Waals surface area contributed by atoms with Crippen molar-refractivity contribution in [2.45, 2.75) is 50.4 Å². The zero-order valence-corrected chi connectivity index (χ0v) is 14.3. The topological polar surface area (TPSA) is 119 Å². The number of aliphatic hydroxyl groups is 2. The lowest BCUT2D eigenvalue weighted by Gasteiger charge is -2.23. The van der Waals surface area contributed by atoms with Gasteiger partial charge < -0.3 is 25.4 Å². The minimum absolute atomic E-state index is 0.00579. The largest absolute Gasteiger partial charge is 0.465 e. The first kappa shape index (κ1) is 20.1. The highest BCUT2D eigenvalue weighted by Crippen LogP contribution is 2.32. The summed E-state index contributed by atoms with van der Waals surface area (Å²) < 4.78 is 10.2. The van der Waals surface area contributed by atoms with Gasteiger partial charge in [0, 0.05) is 17.1 Å². The SMILES string of the molecule is CC(CO)(CO)COC(=O)CCCC[C@@H]1SCC[C@@H]1OC(N)=O. The number of esters is 1. The average molecular weight is 349 g/mol. The van der Waals surface area contributed by atoms with Crippen LogP contribution in [0.2, 0.25) is 0 Å². The third-order valence-electron chi connectivity index (χ3n) is 3.88. The van der Waals surface area contributed by atoms with Crippen LogP contribution in [0.5, 0.6) is 0 Å². The number of carbonyl (C=O) groups excluding carboxylic acids is 2. The molecule has 1 aliphatic rings. The lowest BCUT2D eigenvalue weighted by molar-refractivity contribution is -0.149. The molecule has 1 amide bonds. The molecule has 2 atom stereocenters. The number of rotatable bonds is 10. The lowest BCUT2D eigenvalue weighted by Crippen LogP contribution is -2.32. The first-order valence-electron chi connectivity index (χ1n) is 7.85. The van der Waals surface area contributed by atoms with Gasteiger partial charge in [-0.2, -0.15) is 11.8 Å². The van der Waals surface area contributed by atoms with E-state index in [1.54, 1.807) is 18.7 Å². The maximum Gasteiger partial charge on any atom is 0.404 e. The molecule has 8 heteroatoms. The molecular weight excluding hydrogens is 322 g/mol. The van der Waals surface area contributed by atoms with Gasteiger partial charge in [-0.3, -0.25) is 4.79 Å². The molecule has 23 heavy (non-hydrogen) atoms. The maximum atomic E-state index is 11.7. The number of thioether (sulfide) groups is 1. The molecule has 0 aromatic carbocycles. The standard InChI is InChI=1S/C15H27NO6S/c1-15(8-17,9-18)10-21-13(19)5-3-2-4-12-11(6-7-23-12)22-14(16)20/h11-12,17-18H,2-10H2,1H3,(H2,16,20)/t11-,12-/m0/s1. The zero-order chi connectivity index (χ0) is 17.3. The molecular formula is C15H27NO6S. The van der Waals surface area contributed by atoms with Gasteiger partial charge in [-0.15, -0.1) is 0 Å². The summed E-state index contributed by atoms with van der Waals surface area (Å²) in [6.07, 6.45) is 2.64. The van der Waals surface area contributed by atoms with Crippen LogP contribution < -0.4 is 5.73 Å². The fourth-order valence-electron chi connectivity index (χ4n) is 2.27. The molecule has 1 aliphatic heterocycles. The summed E-state index contributed by atoms with van der Waals surface area (Å²) >= 11 is 1.77. The summed E-state index contributed by atoms with van der Waals surface area (Å²) in [7, 11) is 0. The first-order valence-corrected chi connectivity index (χ1v) is 8.90. The number of primary amides is 1. The predicted molar refractivity (Wildman–Crippen MR) is 87.0 cm³/mol. The highest BCUT2D eigenvalue weighted by Gasteiger charge is 2.30. The molecule has 7 nitrogen and oxygen atoms in total. The van der Waals surface area contributed by atoms with Crippen LogP contribution in [0.15, 0.2) is 0 Å². The van der Waals surface area contributed by atoms with Crippen molar-refractivity contribution in [1.29, 1.82) is 0 Å². The second-order valence-corrected chi connectivity index (χ2v) is 7.55.